The van der Waals surface area contributed by atoms with E-state index in [2.05, 4.69) is 34.9 Å². The van der Waals surface area contributed by atoms with Crippen molar-refractivity contribution in [3.05, 3.63) is 35.4 Å². The van der Waals surface area contributed by atoms with E-state index in [9.17, 15) is 13.5 Å². The van der Waals surface area contributed by atoms with Crippen LogP contribution >= 0.6 is 11.6 Å². The number of aliphatic hydroxyl groups is 1. The summed E-state index contributed by atoms with van der Waals surface area (Å²) in [6.07, 6.45) is 3.32. The number of halogens is 1. The Balaban J connectivity index is 1.76. The topological polar surface area (TPSA) is 176 Å². The summed E-state index contributed by atoms with van der Waals surface area (Å²) in [7, 11) is 0.0205. The molecule has 1 aliphatic rings. The fraction of sp³-hybridized carbons (Fsp3) is 0.500. The van der Waals surface area contributed by atoms with Crippen molar-refractivity contribution >= 4 is 27.6 Å². The smallest absolute Gasteiger partial charge is 0.245 e. The summed E-state index contributed by atoms with van der Waals surface area (Å²) in [5.41, 5.74) is 0.207. The lowest BCUT2D eigenvalue weighted by molar-refractivity contribution is 0.0710. The molecule has 194 valence electrons. The fourth-order valence-electron chi connectivity index (χ4n) is 3.84. The van der Waals surface area contributed by atoms with Crippen molar-refractivity contribution in [3.63, 3.8) is 0 Å². The highest BCUT2D eigenvalue weighted by molar-refractivity contribution is 7.93. The predicted octanol–water partition coefficient (Wildman–Crippen LogP) is 1.27. The largest absolute Gasteiger partial charge is 0.479 e. The molecule has 14 nitrogen and oxygen atoms in total. The average molecular weight is 541 g/mol. The Morgan fingerprint density at radius 1 is 1.08 bits per heavy atom. The van der Waals surface area contributed by atoms with E-state index in [-0.39, 0.29) is 35.1 Å². The maximum absolute atomic E-state index is 13.5. The van der Waals surface area contributed by atoms with Gasteiger partial charge in [-0.25, -0.2) is 18.4 Å². The molecule has 0 saturated heterocycles. The molecule has 36 heavy (non-hydrogen) atoms. The number of aliphatic hydroxyl groups excluding tert-OH is 1. The Morgan fingerprint density at radius 3 is 2.22 bits per heavy atom. The highest BCUT2D eigenvalue weighted by atomic mass is 35.5. The van der Waals surface area contributed by atoms with E-state index in [1.54, 1.807) is 0 Å². The van der Waals surface area contributed by atoms with Crippen molar-refractivity contribution in [1.29, 1.82) is 0 Å². The standard InChI is InChI=1S/C20H25ClN8O6S/c1-10(15(33-2)16-22-7-12(21)8-23-16)36(31,32)28-20-27-26-17(11-5-13(30)6-11)29(20)14-18(34-3)24-9-25-19(14)35-4/h7-11,13,15,30H,5-6H2,1-4H3,(H,27,28)/t10-,11-,13-,15-/m0/s1. The molecule has 4 rings (SSSR count). The lowest BCUT2D eigenvalue weighted by Crippen LogP contribution is -2.34. The van der Waals surface area contributed by atoms with Crippen molar-refractivity contribution in [2.75, 3.05) is 26.1 Å². The Bertz CT molecular complexity index is 1290. The third-order valence-corrected chi connectivity index (χ3v) is 7.72. The quantitative estimate of drug-likeness (QED) is 0.377. The number of aromatic nitrogens is 7. The van der Waals surface area contributed by atoms with Crippen LogP contribution in [0.1, 0.15) is 43.4 Å². The number of methoxy groups -OCH3 is 3. The van der Waals surface area contributed by atoms with Crippen LogP contribution in [0.5, 0.6) is 11.8 Å². The Kier molecular flexibility index (Phi) is 7.54. The lowest BCUT2D eigenvalue weighted by Gasteiger charge is -2.31. The van der Waals surface area contributed by atoms with E-state index in [0.717, 1.165) is 0 Å². The normalized spacial score (nSPS) is 19.3. The van der Waals surface area contributed by atoms with E-state index in [0.29, 0.717) is 23.7 Å². The van der Waals surface area contributed by atoms with E-state index < -0.39 is 27.5 Å². The van der Waals surface area contributed by atoms with Gasteiger partial charge in [-0.1, -0.05) is 11.6 Å². The molecule has 3 aromatic rings. The van der Waals surface area contributed by atoms with E-state index in [1.807, 2.05) is 0 Å². The molecule has 3 heterocycles. The molecule has 0 unspecified atom stereocenters. The van der Waals surface area contributed by atoms with Gasteiger partial charge in [0.25, 0.3) is 0 Å². The van der Waals surface area contributed by atoms with Crippen molar-refractivity contribution in [1.82, 2.24) is 34.7 Å². The van der Waals surface area contributed by atoms with Gasteiger partial charge in [0.05, 0.1) is 25.3 Å². The van der Waals surface area contributed by atoms with E-state index in [1.165, 1.54) is 51.5 Å². The lowest BCUT2D eigenvalue weighted by atomic mass is 9.82. The number of anilines is 1. The summed E-state index contributed by atoms with van der Waals surface area (Å²) in [6.45, 7) is 1.45. The van der Waals surface area contributed by atoms with E-state index in [4.69, 9.17) is 25.8 Å². The SMILES string of the molecule is COc1ncnc(OC)c1-n1c(NS(=O)(=O)[C@@H](C)[C@H](OC)c2ncc(Cl)cn2)nnc1[C@H]1C[C@H](O)C1. The van der Waals surface area contributed by atoms with Crippen LogP contribution in [-0.4, -0.2) is 80.9 Å². The zero-order valence-corrected chi connectivity index (χ0v) is 21.4. The minimum atomic E-state index is -4.15. The van der Waals surface area contributed by atoms with Crippen LogP contribution in [-0.2, 0) is 14.8 Å². The number of rotatable bonds is 10. The molecule has 1 saturated carbocycles. The minimum Gasteiger partial charge on any atom is -0.479 e. The zero-order chi connectivity index (χ0) is 26.0. The molecule has 0 amide bonds. The number of hydrogen-bond donors (Lipinski definition) is 2. The molecule has 0 radical (unpaired) electrons. The number of hydrogen-bond acceptors (Lipinski definition) is 12. The monoisotopic (exact) mass is 540 g/mol. The molecule has 1 aliphatic carbocycles. The fourth-order valence-corrected chi connectivity index (χ4v) is 5.07. The van der Waals surface area contributed by atoms with Gasteiger partial charge >= 0.3 is 0 Å². The second-order valence-electron chi connectivity index (χ2n) is 8.05. The molecular formula is C20H25ClN8O6S. The van der Waals surface area contributed by atoms with Gasteiger partial charge in [0, 0.05) is 25.4 Å². The number of sulfonamides is 1. The predicted molar refractivity (Wildman–Crippen MR) is 127 cm³/mol. The summed E-state index contributed by atoms with van der Waals surface area (Å²) < 4.78 is 47.0. The second-order valence-corrected chi connectivity index (χ2v) is 10.5. The second kappa shape index (κ2) is 10.5. The van der Waals surface area contributed by atoms with Gasteiger partial charge in [-0.15, -0.1) is 10.2 Å². The van der Waals surface area contributed by atoms with Gasteiger partial charge in [-0.3, -0.25) is 9.29 Å². The summed E-state index contributed by atoms with van der Waals surface area (Å²) in [5, 5.41) is 17.3. The summed E-state index contributed by atoms with van der Waals surface area (Å²) >= 11 is 5.85. The van der Waals surface area contributed by atoms with Gasteiger partial charge in [0.15, 0.2) is 11.5 Å². The molecule has 1 fully saturated rings. The number of nitrogens with zero attached hydrogens (tertiary/aromatic N) is 7. The third kappa shape index (κ3) is 4.91. The maximum Gasteiger partial charge on any atom is 0.245 e. The van der Waals surface area contributed by atoms with Gasteiger partial charge in [0.2, 0.25) is 27.7 Å². The first-order valence-electron chi connectivity index (χ1n) is 10.8. The summed E-state index contributed by atoms with van der Waals surface area (Å²) in [5.74, 6) is 0.427. The van der Waals surface area contributed by atoms with Crippen molar-refractivity contribution in [3.8, 4) is 17.4 Å². The van der Waals surface area contributed by atoms with Crippen LogP contribution in [0, 0.1) is 0 Å². The Labute approximate surface area is 212 Å². The van der Waals surface area contributed by atoms with Crippen LogP contribution < -0.4 is 14.2 Å². The third-order valence-electron chi connectivity index (χ3n) is 5.83. The first kappa shape index (κ1) is 25.9. The van der Waals surface area contributed by atoms with Crippen LogP contribution in [0.2, 0.25) is 5.02 Å². The Morgan fingerprint density at radius 2 is 1.69 bits per heavy atom. The van der Waals surface area contributed by atoms with Crippen LogP contribution in [0.3, 0.4) is 0 Å². The average Bonchev–Trinajstić information content (AvgIpc) is 3.24. The van der Waals surface area contributed by atoms with Crippen LogP contribution in [0.25, 0.3) is 5.69 Å². The van der Waals surface area contributed by atoms with Gasteiger partial charge in [-0.2, -0.15) is 9.97 Å². The first-order chi connectivity index (χ1) is 17.2. The van der Waals surface area contributed by atoms with Gasteiger partial charge in [-0.05, 0) is 19.8 Å². The molecule has 3 aromatic heterocycles. The number of nitrogens with one attached hydrogen (secondary N) is 1. The van der Waals surface area contributed by atoms with Crippen LogP contribution in [0.15, 0.2) is 18.7 Å². The highest BCUT2D eigenvalue weighted by Gasteiger charge is 2.38. The van der Waals surface area contributed by atoms with Crippen molar-refractivity contribution < 1.29 is 27.7 Å². The van der Waals surface area contributed by atoms with E-state index >= 15 is 0 Å². The van der Waals surface area contributed by atoms with Crippen molar-refractivity contribution in [2.24, 2.45) is 0 Å². The highest BCUT2D eigenvalue weighted by Crippen LogP contribution is 2.41. The molecular weight excluding hydrogens is 516 g/mol. The Hall–Kier alpha value is -3.14. The molecule has 0 aliphatic heterocycles. The summed E-state index contributed by atoms with van der Waals surface area (Å²) in [4.78, 5) is 16.4. The molecule has 0 aromatic carbocycles. The molecule has 0 bridgehead atoms. The molecule has 2 N–H and O–H groups in total. The van der Waals surface area contributed by atoms with Crippen LogP contribution in [0.4, 0.5) is 5.95 Å². The first-order valence-corrected chi connectivity index (χ1v) is 12.7. The van der Waals surface area contributed by atoms with Crippen molar-refractivity contribution in [2.45, 2.75) is 43.1 Å². The maximum atomic E-state index is 13.5. The molecule has 0 spiro atoms. The minimum absolute atomic E-state index is 0.112. The zero-order valence-electron chi connectivity index (χ0n) is 19.9. The van der Waals surface area contributed by atoms with Gasteiger partial charge < -0.3 is 19.3 Å². The molecule has 16 heteroatoms. The molecule has 2 atom stereocenters. The van der Waals surface area contributed by atoms with Gasteiger partial charge in [0.1, 0.15) is 23.5 Å². The summed E-state index contributed by atoms with van der Waals surface area (Å²) in [6, 6.07) is 0. The number of ether oxygens (including phenoxy) is 3.